The lowest BCUT2D eigenvalue weighted by Gasteiger charge is -2.09. The molecule has 0 bridgehead atoms. The molecule has 1 aromatic heterocycles. The summed E-state index contributed by atoms with van der Waals surface area (Å²) in [4.78, 5) is 3.98. The van der Waals surface area contributed by atoms with E-state index in [1.165, 1.54) is 12.1 Å². The van der Waals surface area contributed by atoms with Crippen LogP contribution in [-0.4, -0.2) is 21.3 Å². The Labute approximate surface area is 112 Å². The average Bonchev–Trinajstić information content (AvgIpc) is 2.75. The first kappa shape index (κ1) is 13.0. The zero-order valence-corrected chi connectivity index (χ0v) is 11.1. The summed E-state index contributed by atoms with van der Waals surface area (Å²) in [5.41, 5.74) is 0. The van der Waals surface area contributed by atoms with E-state index in [4.69, 9.17) is 9.84 Å². The molecule has 6 heteroatoms. The summed E-state index contributed by atoms with van der Waals surface area (Å²) in [6, 6.07) is 4.39. The number of aliphatic hydroxyl groups is 1. The number of halogens is 2. The molecule has 0 aliphatic rings. The number of ether oxygens (including phenoxy) is 1. The third-order valence-corrected chi connectivity index (χ3v) is 2.84. The fraction of sp³-hybridized carbons (Fsp3) is 0.250. The first-order valence-corrected chi connectivity index (χ1v) is 6.18. The van der Waals surface area contributed by atoms with Crippen LogP contribution in [0.1, 0.15) is 5.82 Å². The summed E-state index contributed by atoms with van der Waals surface area (Å²) >= 11 is 3.20. The molecular weight excluding hydrogens is 303 g/mol. The van der Waals surface area contributed by atoms with Crippen LogP contribution in [-0.2, 0) is 13.2 Å². The third-order valence-electron chi connectivity index (χ3n) is 2.38. The van der Waals surface area contributed by atoms with Crippen molar-refractivity contribution in [3.05, 3.63) is 46.7 Å². The largest absolute Gasteiger partial charge is 0.492 e. The Morgan fingerprint density at radius 3 is 2.94 bits per heavy atom. The minimum atomic E-state index is -0.349. The van der Waals surface area contributed by atoms with Gasteiger partial charge in [0.05, 0.1) is 6.54 Å². The molecule has 96 valence electrons. The molecule has 0 unspecified atom stereocenters. The molecule has 0 saturated carbocycles. The van der Waals surface area contributed by atoms with Crippen molar-refractivity contribution in [3.63, 3.8) is 0 Å². The van der Waals surface area contributed by atoms with Crippen molar-refractivity contribution in [1.82, 2.24) is 9.55 Å². The molecule has 18 heavy (non-hydrogen) atoms. The number of benzene rings is 1. The van der Waals surface area contributed by atoms with E-state index in [9.17, 15) is 4.39 Å². The predicted octanol–water partition coefficient (Wildman–Crippen LogP) is 2.36. The highest BCUT2D eigenvalue weighted by molar-refractivity contribution is 9.10. The highest BCUT2D eigenvalue weighted by atomic mass is 79.9. The van der Waals surface area contributed by atoms with Crippen molar-refractivity contribution < 1.29 is 14.2 Å². The lowest BCUT2D eigenvalue weighted by Crippen LogP contribution is -2.10. The van der Waals surface area contributed by atoms with E-state index in [0.29, 0.717) is 29.2 Å². The van der Waals surface area contributed by atoms with Gasteiger partial charge in [0, 0.05) is 22.9 Å². The zero-order valence-electron chi connectivity index (χ0n) is 9.51. The number of nitrogens with zero attached hydrogens (tertiary/aromatic N) is 2. The average molecular weight is 315 g/mol. The summed E-state index contributed by atoms with van der Waals surface area (Å²) in [5, 5.41) is 9.02. The second-order valence-corrected chi connectivity index (χ2v) is 4.56. The van der Waals surface area contributed by atoms with Gasteiger partial charge >= 0.3 is 0 Å². The molecule has 1 N–H and O–H groups in total. The SMILES string of the molecule is OCc1nccn1CCOc1cc(F)cc(Br)c1. The minimum Gasteiger partial charge on any atom is -0.492 e. The van der Waals surface area contributed by atoms with E-state index in [1.54, 1.807) is 23.0 Å². The van der Waals surface area contributed by atoms with Crippen molar-refractivity contribution in [2.24, 2.45) is 0 Å². The number of aliphatic hydroxyl groups excluding tert-OH is 1. The Morgan fingerprint density at radius 1 is 1.39 bits per heavy atom. The van der Waals surface area contributed by atoms with Crippen molar-refractivity contribution in [2.45, 2.75) is 13.2 Å². The van der Waals surface area contributed by atoms with Crippen molar-refractivity contribution >= 4 is 15.9 Å². The fourth-order valence-corrected chi connectivity index (χ4v) is 2.01. The summed E-state index contributed by atoms with van der Waals surface area (Å²) in [7, 11) is 0. The number of aromatic nitrogens is 2. The monoisotopic (exact) mass is 314 g/mol. The normalized spacial score (nSPS) is 10.6. The van der Waals surface area contributed by atoms with E-state index >= 15 is 0 Å². The van der Waals surface area contributed by atoms with Gasteiger partial charge in [-0.15, -0.1) is 0 Å². The van der Waals surface area contributed by atoms with Gasteiger partial charge in [-0.05, 0) is 12.1 Å². The Hall–Kier alpha value is -1.40. The molecule has 0 aliphatic carbocycles. The molecular formula is C12H12BrFN2O2. The van der Waals surface area contributed by atoms with Crippen LogP contribution in [0.5, 0.6) is 5.75 Å². The molecule has 2 aromatic rings. The second kappa shape index (κ2) is 5.97. The van der Waals surface area contributed by atoms with Crippen molar-refractivity contribution in [3.8, 4) is 5.75 Å². The van der Waals surface area contributed by atoms with Crippen LogP contribution < -0.4 is 4.74 Å². The Bertz CT molecular complexity index is 510. The highest BCUT2D eigenvalue weighted by Gasteiger charge is 2.02. The Balaban J connectivity index is 1.92. The quantitative estimate of drug-likeness (QED) is 0.921. The highest BCUT2D eigenvalue weighted by Crippen LogP contribution is 2.20. The Morgan fingerprint density at radius 2 is 2.22 bits per heavy atom. The molecule has 2 rings (SSSR count). The number of hydrogen-bond acceptors (Lipinski definition) is 3. The van der Waals surface area contributed by atoms with Crippen LogP contribution in [0.2, 0.25) is 0 Å². The molecule has 0 atom stereocenters. The van der Waals surface area contributed by atoms with E-state index in [1.807, 2.05) is 0 Å². The minimum absolute atomic E-state index is 0.113. The van der Waals surface area contributed by atoms with Gasteiger partial charge < -0.3 is 14.4 Å². The van der Waals surface area contributed by atoms with Crippen molar-refractivity contribution in [1.29, 1.82) is 0 Å². The molecule has 0 radical (unpaired) electrons. The number of hydrogen-bond donors (Lipinski definition) is 1. The van der Waals surface area contributed by atoms with Gasteiger partial charge in [0.25, 0.3) is 0 Å². The maximum Gasteiger partial charge on any atom is 0.134 e. The predicted molar refractivity (Wildman–Crippen MR) is 67.7 cm³/mol. The molecule has 0 fully saturated rings. The van der Waals surface area contributed by atoms with Crippen molar-refractivity contribution in [2.75, 3.05) is 6.61 Å². The smallest absolute Gasteiger partial charge is 0.134 e. The summed E-state index contributed by atoms with van der Waals surface area (Å²) in [6.45, 7) is 0.807. The number of imidazole rings is 1. The van der Waals surface area contributed by atoms with Crippen LogP contribution >= 0.6 is 15.9 Å². The van der Waals surface area contributed by atoms with Crippen LogP contribution in [0.3, 0.4) is 0 Å². The molecule has 4 nitrogen and oxygen atoms in total. The van der Waals surface area contributed by atoms with Gasteiger partial charge in [0.1, 0.15) is 30.6 Å². The molecule has 1 heterocycles. The maximum absolute atomic E-state index is 13.1. The van der Waals surface area contributed by atoms with Gasteiger partial charge in [-0.2, -0.15) is 0 Å². The van der Waals surface area contributed by atoms with Gasteiger partial charge in [-0.1, -0.05) is 15.9 Å². The zero-order chi connectivity index (χ0) is 13.0. The standard InChI is InChI=1S/C12H12BrFN2O2/c13-9-5-10(14)7-11(6-9)18-4-3-16-2-1-15-12(16)8-17/h1-2,5-7,17H,3-4,8H2. The summed E-state index contributed by atoms with van der Waals surface area (Å²) in [5.74, 6) is 0.699. The summed E-state index contributed by atoms with van der Waals surface area (Å²) < 4.78 is 21.0. The summed E-state index contributed by atoms with van der Waals surface area (Å²) in [6.07, 6.45) is 3.38. The van der Waals surface area contributed by atoms with E-state index in [2.05, 4.69) is 20.9 Å². The third kappa shape index (κ3) is 3.30. The van der Waals surface area contributed by atoms with E-state index in [0.717, 1.165) is 0 Å². The van der Waals surface area contributed by atoms with Gasteiger partial charge in [0.15, 0.2) is 0 Å². The van der Waals surface area contributed by atoms with Crippen LogP contribution in [0.15, 0.2) is 35.1 Å². The fourth-order valence-electron chi connectivity index (χ4n) is 1.57. The maximum atomic E-state index is 13.1. The topological polar surface area (TPSA) is 47.3 Å². The molecule has 0 saturated heterocycles. The molecule has 0 spiro atoms. The van der Waals surface area contributed by atoms with Crippen LogP contribution in [0.25, 0.3) is 0 Å². The number of rotatable bonds is 5. The first-order valence-electron chi connectivity index (χ1n) is 5.39. The first-order chi connectivity index (χ1) is 8.69. The second-order valence-electron chi connectivity index (χ2n) is 3.65. The van der Waals surface area contributed by atoms with Gasteiger partial charge in [0.2, 0.25) is 0 Å². The lowest BCUT2D eigenvalue weighted by atomic mass is 10.3. The van der Waals surface area contributed by atoms with Crippen LogP contribution in [0, 0.1) is 5.82 Å². The van der Waals surface area contributed by atoms with E-state index < -0.39 is 0 Å². The van der Waals surface area contributed by atoms with Crippen LogP contribution in [0.4, 0.5) is 4.39 Å². The van der Waals surface area contributed by atoms with E-state index in [-0.39, 0.29) is 12.4 Å². The van der Waals surface area contributed by atoms with Gasteiger partial charge in [-0.3, -0.25) is 0 Å². The van der Waals surface area contributed by atoms with Gasteiger partial charge in [-0.25, -0.2) is 9.37 Å². The Kier molecular flexibility index (Phi) is 4.33. The molecule has 0 amide bonds. The molecule has 0 aliphatic heterocycles. The molecule has 1 aromatic carbocycles. The lowest BCUT2D eigenvalue weighted by molar-refractivity contribution is 0.254.